The number of nitrogens with one attached hydrogen (secondary N) is 3. The molecule has 104 valence electrons. The van der Waals surface area contributed by atoms with Crippen molar-refractivity contribution in [2.24, 2.45) is 5.92 Å². The Kier molecular flexibility index (Phi) is 7.50. The van der Waals surface area contributed by atoms with Crippen LogP contribution in [-0.4, -0.2) is 42.1 Å². The molecule has 0 aliphatic carbocycles. The van der Waals surface area contributed by atoms with Gasteiger partial charge in [0.15, 0.2) is 0 Å². The average Bonchev–Trinajstić information content (AvgIpc) is 2.26. The monoisotopic (exact) mass is 259 g/mol. The fourth-order valence-corrected chi connectivity index (χ4v) is 1.01. The summed E-state index contributed by atoms with van der Waals surface area (Å²) in [5.41, 5.74) is 0. The Labute approximate surface area is 106 Å². The van der Waals surface area contributed by atoms with E-state index in [0.717, 1.165) is 0 Å². The molecule has 0 bridgehead atoms. The highest BCUT2D eigenvalue weighted by atomic mass is 16.4. The Morgan fingerprint density at radius 1 is 1.11 bits per heavy atom. The highest BCUT2D eigenvalue weighted by Crippen LogP contribution is 1.88. The summed E-state index contributed by atoms with van der Waals surface area (Å²) in [5, 5.41) is 15.9. The van der Waals surface area contributed by atoms with E-state index in [-0.39, 0.29) is 18.9 Å². The number of hydrogen-bond donors (Lipinski definition) is 4. The van der Waals surface area contributed by atoms with E-state index >= 15 is 0 Å². The van der Waals surface area contributed by atoms with E-state index in [1.807, 2.05) is 13.8 Å². The molecule has 0 aliphatic rings. The minimum absolute atomic E-state index is 0.143. The molecule has 0 aromatic heterocycles. The molecule has 0 radical (unpaired) electrons. The number of urea groups is 1. The molecule has 0 saturated heterocycles. The molecule has 0 aromatic rings. The van der Waals surface area contributed by atoms with Crippen molar-refractivity contribution >= 4 is 17.9 Å². The number of carboxylic acid groups (broad SMARTS) is 1. The quantitative estimate of drug-likeness (QED) is 0.513. The molecule has 0 unspecified atom stereocenters. The lowest BCUT2D eigenvalue weighted by molar-refractivity contribution is -0.138. The zero-order valence-corrected chi connectivity index (χ0v) is 10.9. The summed E-state index contributed by atoms with van der Waals surface area (Å²) in [7, 11) is 0. The molecule has 0 fully saturated rings. The molecule has 1 atom stereocenters. The van der Waals surface area contributed by atoms with Crippen molar-refractivity contribution in [3.63, 3.8) is 0 Å². The number of carbonyl (C=O) groups excluding carboxylic acids is 2. The summed E-state index contributed by atoms with van der Waals surface area (Å²) in [5.74, 6) is -0.878. The number of hydrogen-bond acceptors (Lipinski definition) is 3. The van der Waals surface area contributed by atoms with Crippen LogP contribution in [0.5, 0.6) is 0 Å². The zero-order chi connectivity index (χ0) is 14.1. The fraction of sp³-hybridized carbons (Fsp3) is 0.727. The molecule has 0 aliphatic heterocycles. The highest BCUT2D eigenvalue weighted by molar-refractivity contribution is 5.82. The standard InChI is InChI=1S/C11H21N3O4/c1-7(2)6-13-9(15)4-5-12-11(18)14-8(3)10(16)17/h7-8H,4-6H2,1-3H3,(H,13,15)(H,16,17)(H2,12,14,18)/t8-/m1/s1. The summed E-state index contributed by atoms with van der Waals surface area (Å²) in [6, 6.07) is -1.55. The summed E-state index contributed by atoms with van der Waals surface area (Å²) in [6.45, 7) is 6.10. The molecule has 7 heteroatoms. The summed E-state index contributed by atoms with van der Waals surface area (Å²) in [6.07, 6.45) is 0.168. The molecule has 7 nitrogen and oxygen atoms in total. The Morgan fingerprint density at radius 3 is 2.22 bits per heavy atom. The van der Waals surface area contributed by atoms with E-state index in [1.54, 1.807) is 0 Å². The molecule has 0 spiro atoms. The first-order valence-corrected chi connectivity index (χ1v) is 5.86. The lowest BCUT2D eigenvalue weighted by atomic mass is 10.2. The van der Waals surface area contributed by atoms with Crippen molar-refractivity contribution < 1.29 is 19.5 Å². The maximum Gasteiger partial charge on any atom is 0.325 e. The van der Waals surface area contributed by atoms with Crippen molar-refractivity contribution in [2.45, 2.75) is 33.2 Å². The normalized spacial score (nSPS) is 11.8. The SMILES string of the molecule is CC(C)CNC(=O)CCNC(=O)N[C@H](C)C(=O)O. The Bertz CT molecular complexity index is 305. The molecule has 0 aromatic carbocycles. The number of carbonyl (C=O) groups is 3. The molecule has 0 saturated carbocycles. The van der Waals surface area contributed by atoms with Crippen molar-refractivity contribution in [1.29, 1.82) is 0 Å². The van der Waals surface area contributed by atoms with Crippen LogP contribution in [-0.2, 0) is 9.59 Å². The van der Waals surface area contributed by atoms with Crippen LogP contribution in [0.25, 0.3) is 0 Å². The van der Waals surface area contributed by atoms with E-state index in [4.69, 9.17) is 5.11 Å². The van der Waals surface area contributed by atoms with Crippen LogP contribution in [0.4, 0.5) is 4.79 Å². The first-order valence-electron chi connectivity index (χ1n) is 5.86. The van der Waals surface area contributed by atoms with Gasteiger partial charge in [0.2, 0.25) is 5.91 Å². The molecule has 4 N–H and O–H groups in total. The number of amides is 3. The zero-order valence-electron chi connectivity index (χ0n) is 10.9. The molecule has 0 heterocycles. The Balaban J connectivity index is 3.68. The second-order valence-corrected chi connectivity index (χ2v) is 4.41. The third kappa shape index (κ3) is 8.37. The first kappa shape index (κ1) is 16.2. The van der Waals surface area contributed by atoms with Crippen molar-refractivity contribution in [1.82, 2.24) is 16.0 Å². The van der Waals surface area contributed by atoms with Gasteiger partial charge >= 0.3 is 12.0 Å². The molecular formula is C11H21N3O4. The van der Waals surface area contributed by atoms with E-state index in [0.29, 0.717) is 12.5 Å². The van der Waals surface area contributed by atoms with Gasteiger partial charge in [-0.15, -0.1) is 0 Å². The third-order valence-corrected chi connectivity index (χ3v) is 2.06. The van der Waals surface area contributed by atoms with Gasteiger partial charge < -0.3 is 21.1 Å². The second-order valence-electron chi connectivity index (χ2n) is 4.41. The fourth-order valence-electron chi connectivity index (χ4n) is 1.01. The van der Waals surface area contributed by atoms with Gasteiger partial charge in [-0.3, -0.25) is 9.59 Å². The van der Waals surface area contributed by atoms with Gasteiger partial charge in [-0.2, -0.15) is 0 Å². The van der Waals surface area contributed by atoms with E-state index in [1.165, 1.54) is 6.92 Å². The molecule has 18 heavy (non-hydrogen) atoms. The van der Waals surface area contributed by atoms with Gasteiger partial charge in [-0.1, -0.05) is 13.8 Å². The predicted molar refractivity (Wildman–Crippen MR) is 66.1 cm³/mol. The lowest BCUT2D eigenvalue weighted by Crippen LogP contribution is -2.45. The average molecular weight is 259 g/mol. The minimum Gasteiger partial charge on any atom is -0.480 e. The van der Waals surface area contributed by atoms with Crippen LogP contribution in [0.3, 0.4) is 0 Å². The second kappa shape index (κ2) is 8.32. The predicted octanol–water partition coefficient (Wildman–Crippen LogP) is -0.0790. The maximum absolute atomic E-state index is 11.3. The Morgan fingerprint density at radius 2 is 1.72 bits per heavy atom. The van der Waals surface area contributed by atoms with Crippen molar-refractivity contribution in [3.8, 4) is 0 Å². The summed E-state index contributed by atoms with van der Waals surface area (Å²) in [4.78, 5) is 32.9. The number of rotatable bonds is 7. The summed E-state index contributed by atoms with van der Waals surface area (Å²) >= 11 is 0. The van der Waals surface area contributed by atoms with Gasteiger partial charge in [0.1, 0.15) is 6.04 Å². The lowest BCUT2D eigenvalue weighted by Gasteiger charge is -2.11. The van der Waals surface area contributed by atoms with Crippen molar-refractivity contribution in [2.75, 3.05) is 13.1 Å². The first-order chi connectivity index (χ1) is 8.32. The van der Waals surface area contributed by atoms with Gasteiger partial charge in [0.25, 0.3) is 0 Å². The van der Waals surface area contributed by atoms with Crippen LogP contribution in [0.2, 0.25) is 0 Å². The summed E-state index contributed by atoms with van der Waals surface area (Å²) < 4.78 is 0. The van der Waals surface area contributed by atoms with Crippen LogP contribution in [0, 0.1) is 5.92 Å². The topological polar surface area (TPSA) is 108 Å². The van der Waals surface area contributed by atoms with Gasteiger partial charge in [0, 0.05) is 19.5 Å². The van der Waals surface area contributed by atoms with Gasteiger partial charge in [0.05, 0.1) is 0 Å². The van der Waals surface area contributed by atoms with Crippen molar-refractivity contribution in [3.05, 3.63) is 0 Å². The highest BCUT2D eigenvalue weighted by Gasteiger charge is 2.13. The van der Waals surface area contributed by atoms with Crippen LogP contribution in [0.1, 0.15) is 27.2 Å². The number of carboxylic acids is 1. The largest absolute Gasteiger partial charge is 0.480 e. The van der Waals surface area contributed by atoms with Crippen LogP contribution in [0.15, 0.2) is 0 Å². The van der Waals surface area contributed by atoms with E-state index in [9.17, 15) is 14.4 Å². The molecule has 3 amide bonds. The van der Waals surface area contributed by atoms with E-state index < -0.39 is 18.0 Å². The smallest absolute Gasteiger partial charge is 0.325 e. The van der Waals surface area contributed by atoms with Gasteiger partial charge in [-0.25, -0.2) is 4.79 Å². The third-order valence-electron chi connectivity index (χ3n) is 2.06. The Hall–Kier alpha value is -1.79. The van der Waals surface area contributed by atoms with Crippen LogP contribution >= 0.6 is 0 Å². The van der Waals surface area contributed by atoms with Gasteiger partial charge in [-0.05, 0) is 12.8 Å². The molecular weight excluding hydrogens is 238 g/mol. The minimum atomic E-state index is -1.11. The number of aliphatic carboxylic acids is 1. The maximum atomic E-state index is 11.3. The van der Waals surface area contributed by atoms with E-state index in [2.05, 4.69) is 16.0 Å². The molecule has 0 rings (SSSR count). The van der Waals surface area contributed by atoms with Crippen LogP contribution < -0.4 is 16.0 Å².